The highest BCUT2D eigenvalue weighted by Gasteiger charge is 2.18. The average molecular weight is 392 g/mol. The quantitative estimate of drug-likeness (QED) is 0.417. The molecule has 0 aliphatic carbocycles. The number of rotatable bonds is 8. The van der Waals surface area contributed by atoms with E-state index in [1.807, 2.05) is 26.8 Å². The van der Waals surface area contributed by atoms with Crippen molar-refractivity contribution in [3.63, 3.8) is 0 Å². The first kappa shape index (κ1) is 20.7. The van der Waals surface area contributed by atoms with Gasteiger partial charge in [-0.1, -0.05) is 6.07 Å². The van der Waals surface area contributed by atoms with Crippen LogP contribution >= 0.6 is 0 Å². The number of hydrogen-bond donors (Lipinski definition) is 1. The topological polar surface area (TPSA) is 98.5 Å². The van der Waals surface area contributed by atoms with E-state index in [0.717, 1.165) is 29.2 Å². The minimum absolute atomic E-state index is 0.0756. The highest BCUT2D eigenvalue weighted by atomic mass is 32.2. The maximum absolute atomic E-state index is 11.6. The Morgan fingerprint density at radius 2 is 1.85 bits per heavy atom. The molecule has 0 radical (unpaired) electrons. The first-order chi connectivity index (χ1) is 12.6. The summed E-state index contributed by atoms with van der Waals surface area (Å²) in [6.45, 7) is 6.99. The van der Waals surface area contributed by atoms with Gasteiger partial charge in [-0.15, -0.1) is 0 Å². The third-order valence-electron chi connectivity index (χ3n) is 4.25. The molecule has 0 aliphatic rings. The van der Waals surface area contributed by atoms with E-state index in [1.165, 1.54) is 17.7 Å². The Kier molecular flexibility index (Phi) is 6.43. The van der Waals surface area contributed by atoms with Gasteiger partial charge in [0.25, 0.3) is 5.69 Å². The lowest BCUT2D eigenvalue weighted by Gasteiger charge is -2.13. The molecule has 146 valence electrons. The van der Waals surface area contributed by atoms with E-state index in [2.05, 4.69) is 11.4 Å². The van der Waals surface area contributed by atoms with Crippen LogP contribution in [0, 0.1) is 30.9 Å². The molecular formula is C19H24N2O5S. The Bertz CT molecular complexity index is 955. The van der Waals surface area contributed by atoms with Gasteiger partial charge in [0, 0.05) is 18.9 Å². The predicted octanol–water partition coefficient (Wildman–Crippen LogP) is 3.80. The maximum atomic E-state index is 11.6. The zero-order valence-electron chi connectivity index (χ0n) is 15.9. The summed E-state index contributed by atoms with van der Waals surface area (Å²) in [6, 6.07) is 7.95. The molecule has 0 saturated heterocycles. The Balaban J connectivity index is 1.97. The molecule has 0 aromatic heterocycles. The number of hydrogen-bond acceptors (Lipinski definition) is 6. The lowest BCUT2D eigenvalue weighted by atomic mass is 10.1. The van der Waals surface area contributed by atoms with Gasteiger partial charge in [0.05, 0.1) is 16.4 Å². The van der Waals surface area contributed by atoms with Crippen molar-refractivity contribution in [2.45, 2.75) is 32.1 Å². The summed E-state index contributed by atoms with van der Waals surface area (Å²) in [6.07, 6.45) is 1.66. The molecule has 0 saturated carbocycles. The van der Waals surface area contributed by atoms with E-state index in [9.17, 15) is 18.5 Å². The average Bonchev–Trinajstić information content (AvgIpc) is 2.57. The van der Waals surface area contributed by atoms with E-state index < -0.39 is 14.8 Å². The second kappa shape index (κ2) is 8.39. The van der Waals surface area contributed by atoms with Crippen LogP contribution in [0.25, 0.3) is 0 Å². The largest absolute Gasteiger partial charge is 0.493 e. The monoisotopic (exact) mass is 392 g/mol. The lowest BCUT2D eigenvalue weighted by Crippen LogP contribution is -2.10. The summed E-state index contributed by atoms with van der Waals surface area (Å²) in [5, 5.41) is 14.2. The lowest BCUT2D eigenvalue weighted by molar-refractivity contribution is -0.384. The van der Waals surface area contributed by atoms with Gasteiger partial charge in [-0.05, 0) is 62.1 Å². The summed E-state index contributed by atoms with van der Waals surface area (Å²) in [7, 11) is -3.50. The number of nitro benzene ring substituents is 1. The van der Waals surface area contributed by atoms with Gasteiger partial charge in [-0.25, -0.2) is 8.42 Å². The standard InChI is InChI=1S/C19H24N2O5S/c1-13-10-14(2)15(3)19(11-13)26-9-5-8-20-17-7-6-16(27(4,24)25)12-18(17)21(22)23/h6-7,10-12,20H,5,8-9H2,1-4H3. The first-order valence-electron chi connectivity index (χ1n) is 8.52. The van der Waals surface area contributed by atoms with Crippen molar-refractivity contribution >= 4 is 21.2 Å². The molecule has 0 atom stereocenters. The minimum atomic E-state index is -3.50. The van der Waals surface area contributed by atoms with Gasteiger partial charge < -0.3 is 10.1 Å². The number of nitrogens with one attached hydrogen (secondary N) is 1. The van der Waals surface area contributed by atoms with Gasteiger partial charge in [0.2, 0.25) is 0 Å². The van der Waals surface area contributed by atoms with Crippen LogP contribution in [0.3, 0.4) is 0 Å². The molecule has 1 N–H and O–H groups in total. The number of sulfone groups is 1. The second-order valence-corrected chi connectivity index (χ2v) is 8.56. The predicted molar refractivity (Wildman–Crippen MR) is 105 cm³/mol. The van der Waals surface area contributed by atoms with E-state index in [1.54, 1.807) is 0 Å². The third kappa shape index (κ3) is 5.43. The Hall–Kier alpha value is -2.61. The SMILES string of the molecule is Cc1cc(C)c(C)c(OCCCNc2ccc(S(C)(=O)=O)cc2[N+](=O)[O-])c1. The van der Waals surface area contributed by atoms with Gasteiger partial charge in [0.15, 0.2) is 9.84 Å². The number of benzene rings is 2. The number of nitrogens with zero attached hydrogens (tertiary/aromatic N) is 1. The molecule has 0 aliphatic heterocycles. The van der Waals surface area contributed by atoms with Crippen LogP contribution in [0.2, 0.25) is 0 Å². The maximum Gasteiger partial charge on any atom is 0.293 e. The van der Waals surface area contributed by atoms with Crippen molar-refractivity contribution in [1.82, 2.24) is 0 Å². The summed E-state index contributed by atoms with van der Waals surface area (Å²) in [5.41, 5.74) is 3.43. The van der Waals surface area contributed by atoms with Gasteiger partial charge >= 0.3 is 0 Å². The molecule has 0 heterocycles. The van der Waals surface area contributed by atoms with E-state index in [0.29, 0.717) is 19.6 Å². The smallest absolute Gasteiger partial charge is 0.293 e. The van der Waals surface area contributed by atoms with Crippen molar-refractivity contribution < 1.29 is 18.1 Å². The van der Waals surface area contributed by atoms with Crippen LogP contribution in [-0.2, 0) is 9.84 Å². The van der Waals surface area contributed by atoms with Gasteiger partial charge in [0.1, 0.15) is 11.4 Å². The van der Waals surface area contributed by atoms with Crippen molar-refractivity contribution in [3.8, 4) is 5.75 Å². The van der Waals surface area contributed by atoms with Crippen molar-refractivity contribution in [3.05, 3.63) is 57.1 Å². The molecule has 0 unspecified atom stereocenters. The highest BCUT2D eigenvalue weighted by Crippen LogP contribution is 2.27. The van der Waals surface area contributed by atoms with Crippen LogP contribution in [0.5, 0.6) is 5.75 Å². The molecule has 0 amide bonds. The van der Waals surface area contributed by atoms with E-state index >= 15 is 0 Å². The summed E-state index contributed by atoms with van der Waals surface area (Å²) < 4.78 is 29.0. The van der Waals surface area contributed by atoms with E-state index in [4.69, 9.17) is 4.74 Å². The van der Waals surface area contributed by atoms with Crippen LogP contribution < -0.4 is 10.1 Å². The molecule has 27 heavy (non-hydrogen) atoms. The number of nitro groups is 1. The van der Waals surface area contributed by atoms with Crippen LogP contribution in [-0.4, -0.2) is 32.7 Å². The van der Waals surface area contributed by atoms with Crippen LogP contribution in [0.15, 0.2) is 35.2 Å². The second-order valence-electron chi connectivity index (χ2n) is 6.54. The Morgan fingerprint density at radius 3 is 2.48 bits per heavy atom. The molecule has 8 heteroatoms. The number of ether oxygens (including phenoxy) is 1. The molecule has 2 rings (SSSR count). The van der Waals surface area contributed by atoms with Gasteiger partial charge in [-0.3, -0.25) is 10.1 Å². The van der Waals surface area contributed by atoms with Crippen LogP contribution in [0.1, 0.15) is 23.1 Å². The molecule has 2 aromatic carbocycles. The normalized spacial score (nSPS) is 11.3. The number of anilines is 1. The summed E-state index contributed by atoms with van der Waals surface area (Å²) in [4.78, 5) is 10.6. The third-order valence-corrected chi connectivity index (χ3v) is 5.36. The van der Waals surface area contributed by atoms with Crippen molar-refractivity contribution in [2.24, 2.45) is 0 Å². The fourth-order valence-electron chi connectivity index (χ4n) is 2.67. The number of aryl methyl sites for hydroxylation is 2. The van der Waals surface area contributed by atoms with E-state index in [-0.39, 0.29) is 16.3 Å². The van der Waals surface area contributed by atoms with Crippen molar-refractivity contribution in [1.29, 1.82) is 0 Å². The van der Waals surface area contributed by atoms with Crippen molar-refractivity contribution in [2.75, 3.05) is 24.7 Å². The summed E-state index contributed by atoms with van der Waals surface area (Å²) in [5.74, 6) is 0.844. The molecule has 7 nitrogen and oxygen atoms in total. The fourth-order valence-corrected chi connectivity index (χ4v) is 3.31. The first-order valence-corrected chi connectivity index (χ1v) is 10.4. The summed E-state index contributed by atoms with van der Waals surface area (Å²) >= 11 is 0. The molecular weight excluding hydrogens is 368 g/mol. The molecule has 0 bridgehead atoms. The molecule has 0 spiro atoms. The Labute approximate surface area is 159 Å². The fraction of sp³-hybridized carbons (Fsp3) is 0.368. The zero-order valence-corrected chi connectivity index (χ0v) is 16.7. The van der Waals surface area contributed by atoms with Gasteiger partial charge in [-0.2, -0.15) is 0 Å². The molecule has 2 aromatic rings. The molecule has 0 fully saturated rings. The van der Waals surface area contributed by atoms with Crippen LogP contribution in [0.4, 0.5) is 11.4 Å². The minimum Gasteiger partial charge on any atom is -0.493 e. The highest BCUT2D eigenvalue weighted by molar-refractivity contribution is 7.90. The Morgan fingerprint density at radius 1 is 1.15 bits per heavy atom. The zero-order chi connectivity index (χ0) is 20.2.